The fourth-order valence-electron chi connectivity index (χ4n) is 1.50. The van der Waals surface area contributed by atoms with Crippen LogP contribution >= 0.6 is 12.6 Å². The van der Waals surface area contributed by atoms with Crippen LogP contribution in [-0.4, -0.2) is 24.4 Å². The Bertz CT molecular complexity index is 449. The Morgan fingerprint density at radius 1 is 1.32 bits per heavy atom. The zero-order valence-electron chi connectivity index (χ0n) is 11.3. The summed E-state index contributed by atoms with van der Waals surface area (Å²) in [6.07, 6.45) is 1.18. The van der Waals surface area contributed by atoms with Gasteiger partial charge in [-0.15, -0.1) is 12.6 Å². The van der Waals surface area contributed by atoms with E-state index in [9.17, 15) is 9.59 Å². The lowest BCUT2D eigenvalue weighted by molar-refractivity contribution is -0.121. The molecule has 1 rings (SSSR count). The second kappa shape index (κ2) is 7.84. The summed E-state index contributed by atoms with van der Waals surface area (Å²) in [4.78, 5) is 24.0. The van der Waals surface area contributed by atoms with E-state index < -0.39 is 0 Å². The van der Waals surface area contributed by atoms with Crippen LogP contribution in [0.2, 0.25) is 0 Å². The molecule has 0 aliphatic carbocycles. The Kier molecular flexibility index (Phi) is 6.42. The van der Waals surface area contributed by atoms with Crippen molar-refractivity contribution in [1.29, 1.82) is 0 Å². The van der Waals surface area contributed by atoms with Crippen LogP contribution < -0.4 is 10.6 Å². The molecule has 19 heavy (non-hydrogen) atoms. The zero-order valence-corrected chi connectivity index (χ0v) is 12.2. The van der Waals surface area contributed by atoms with Crippen molar-refractivity contribution in [1.82, 2.24) is 10.6 Å². The van der Waals surface area contributed by atoms with Crippen molar-refractivity contribution in [2.24, 2.45) is 0 Å². The van der Waals surface area contributed by atoms with Gasteiger partial charge in [-0.05, 0) is 25.5 Å². The third-order valence-electron chi connectivity index (χ3n) is 2.81. The number of benzene rings is 1. The molecular formula is C14H20N2O2S. The number of carbonyl (C=O) groups is 2. The first-order valence-corrected chi connectivity index (χ1v) is 6.84. The van der Waals surface area contributed by atoms with E-state index in [1.165, 1.54) is 0 Å². The lowest BCUT2D eigenvalue weighted by Crippen LogP contribution is -2.35. The van der Waals surface area contributed by atoms with E-state index in [1.54, 1.807) is 18.2 Å². The fraction of sp³-hybridized carbons (Fsp3) is 0.429. The van der Waals surface area contributed by atoms with E-state index in [1.807, 2.05) is 19.9 Å². The van der Waals surface area contributed by atoms with Crippen LogP contribution in [-0.2, 0) is 4.79 Å². The Morgan fingerprint density at radius 3 is 2.63 bits per heavy atom. The molecule has 1 aromatic carbocycles. The lowest BCUT2D eigenvalue weighted by Gasteiger charge is -2.11. The minimum absolute atomic E-state index is 0.0474. The van der Waals surface area contributed by atoms with Gasteiger partial charge in [0, 0.05) is 23.9 Å². The molecule has 1 unspecified atom stereocenters. The normalized spacial score (nSPS) is 11.7. The fourth-order valence-corrected chi connectivity index (χ4v) is 1.76. The quantitative estimate of drug-likeness (QED) is 0.698. The second-order valence-corrected chi connectivity index (χ2v) is 4.88. The number of thiol groups is 1. The van der Waals surface area contributed by atoms with Crippen molar-refractivity contribution in [2.45, 2.75) is 37.6 Å². The average molecular weight is 280 g/mol. The molecule has 0 aliphatic heterocycles. The summed E-state index contributed by atoms with van der Waals surface area (Å²) < 4.78 is 0. The Labute approximate surface area is 119 Å². The lowest BCUT2D eigenvalue weighted by atomic mass is 10.2. The standard InChI is InChI=1S/C14H20N2O2S/c1-3-10(2)16-13(17)8-9-15-14(18)11-6-4-5-7-12(11)19/h4-7,10,19H,3,8-9H2,1-2H3,(H,15,18)(H,16,17). The van der Waals surface area contributed by atoms with Crippen LogP contribution in [0.5, 0.6) is 0 Å². The van der Waals surface area contributed by atoms with Gasteiger partial charge in [-0.25, -0.2) is 0 Å². The van der Waals surface area contributed by atoms with Gasteiger partial charge >= 0.3 is 0 Å². The van der Waals surface area contributed by atoms with Crippen LogP contribution in [0.1, 0.15) is 37.0 Å². The summed E-state index contributed by atoms with van der Waals surface area (Å²) in [7, 11) is 0. The molecule has 2 amide bonds. The van der Waals surface area contributed by atoms with Gasteiger partial charge < -0.3 is 10.6 Å². The molecule has 0 radical (unpaired) electrons. The SMILES string of the molecule is CCC(C)NC(=O)CCNC(=O)c1ccccc1S. The summed E-state index contributed by atoms with van der Waals surface area (Å²) in [5, 5.41) is 5.56. The summed E-state index contributed by atoms with van der Waals surface area (Å²) in [6.45, 7) is 4.28. The van der Waals surface area contributed by atoms with Gasteiger partial charge in [0.2, 0.25) is 5.91 Å². The first-order valence-electron chi connectivity index (χ1n) is 6.40. The minimum Gasteiger partial charge on any atom is -0.354 e. The van der Waals surface area contributed by atoms with Crippen molar-refractivity contribution in [2.75, 3.05) is 6.54 Å². The molecule has 0 saturated heterocycles. The maximum absolute atomic E-state index is 11.8. The molecule has 4 nitrogen and oxygen atoms in total. The number of hydrogen-bond donors (Lipinski definition) is 3. The summed E-state index contributed by atoms with van der Waals surface area (Å²) in [6, 6.07) is 7.23. The first-order chi connectivity index (χ1) is 9.04. The summed E-state index contributed by atoms with van der Waals surface area (Å²) in [5.74, 6) is -0.254. The van der Waals surface area contributed by atoms with Gasteiger partial charge in [-0.1, -0.05) is 19.1 Å². The number of rotatable bonds is 6. The number of amides is 2. The van der Waals surface area contributed by atoms with E-state index in [0.717, 1.165) is 6.42 Å². The largest absolute Gasteiger partial charge is 0.354 e. The number of hydrogen-bond acceptors (Lipinski definition) is 3. The smallest absolute Gasteiger partial charge is 0.252 e. The Hall–Kier alpha value is -1.49. The van der Waals surface area contributed by atoms with Crippen molar-refractivity contribution < 1.29 is 9.59 Å². The molecule has 0 aliphatic rings. The highest BCUT2D eigenvalue weighted by atomic mass is 32.1. The van der Waals surface area contributed by atoms with Gasteiger partial charge in [0.15, 0.2) is 0 Å². The van der Waals surface area contributed by atoms with Crippen LogP contribution in [0, 0.1) is 0 Å². The molecular weight excluding hydrogens is 260 g/mol. The average Bonchev–Trinajstić information content (AvgIpc) is 2.38. The van der Waals surface area contributed by atoms with Crippen LogP contribution in [0.3, 0.4) is 0 Å². The molecule has 0 heterocycles. The molecule has 2 N–H and O–H groups in total. The second-order valence-electron chi connectivity index (χ2n) is 4.40. The van der Waals surface area contributed by atoms with Gasteiger partial charge in [0.1, 0.15) is 0 Å². The van der Waals surface area contributed by atoms with Gasteiger partial charge in [-0.3, -0.25) is 9.59 Å². The third kappa shape index (κ3) is 5.34. The van der Waals surface area contributed by atoms with Gasteiger partial charge in [-0.2, -0.15) is 0 Å². The highest BCUT2D eigenvalue weighted by Gasteiger charge is 2.09. The third-order valence-corrected chi connectivity index (χ3v) is 3.20. The monoisotopic (exact) mass is 280 g/mol. The van der Waals surface area contributed by atoms with Gasteiger partial charge in [0.25, 0.3) is 5.91 Å². The molecule has 0 aromatic heterocycles. The molecule has 1 aromatic rings. The molecule has 5 heteroatoms. The van der Waals surface area contributed by atoms with Crippen molar-refractivity contribution in [3.05, 3.63) is 29.8 Å². The molecule has 0 bridgehead atoms. The highest BCUT2D eigenvalue weighted by Crippen LogP contribution is 2.12. The van der Waals surface area contributed by atoms with Crippen molar-refractivity contribution >= 4 is 24.4 Å². The molecule has 0 saturated carbocycles. The van der Waals surface area contributed by atoms with Crippen LogP contribution in [0.4, 0.5) is 0 Å². The zero-order chi connectivity index (χ0) is 14.3. The first kappa shape index (κ1) is 15.6. The highest BCUT2D eigenvalue weighted by molar-refractivity contribution is 7.80. The van der Waals surface area contributed by atoms with E-state index in [0.29, 0.717) is 17.0 Å². The summed E-state index contributed by atoms with van der Waals surface area (Å²) in [5.41, 5.74) is 0.521. The van der Waals surface area contributed by atoms with Gasteiger partial charge in [0.05, 0.1) is 5.56 Å². The van der Waals surface area contributed by atoms with E-state index in [-0.39, 0.29) is 24.3 Å². The Morgan fingerprint density at radius 2 is 2.00 bits per heavy atom. The number of nitrogens with one attached hydrogen (secondary N) is 2. The van der Waals surface area contributed by atoms with E-state index in [2.05, 4.69) is 23.3 Å². The van der Waals surface area contributed by atoms with Crippen LogP contribution in [0.25, 0.3) is 0 Å². The van der Waals surface area contributed by atoms with E-state index in [4.69, 9.17) is 0 Å². The minimum atomic E-state index is -0.207. The molecule has 0 fully saturated rings. The maximum Gasteiger partial charge on any atom is 0.252 e. The van der Waals surface area contributed by atoms with Crippen molar-refractivity contribution in [3.63, 3.8) is 0 Å². The summed E-state index contributed by atoms with van der Waals surface area (Å²) >= 11 is 4.22. The molecule has 0 spiro atoms. The predicted octanol–water partition coefficient (Wildman–Crippen LogP) is 2.01. The molecule has 104 valence electrons. The number of carbonyl (C=O) groups excluding carboxylic acids is 2. The maximum atomic E-state index is 11.8. The topological polar surface area (TPSA) is 58.2 Å². The predicted molar refractivity (Wildman–Crippen MR) is 78.5 cm³/mol. The van der Waals surface area contributed by atoms with E-state index >= 15 is 0 Å². The van der Waals surface area contributed by atoms with Crippen LogP contribution in [0.15, 0.2) is 29.2 Å². The molecule has 1 atom stereocenters. The van der Waals surface area contributed by atoms with Crippen molar-refractivity contribution in [3.8, 4) is 0 Å². The Balaban J connectivity index is 2.36.